The molecule has 1 aromatic rings. The summed E-state index contributed by atoms with van der Waals surface area (Å²) in [6.07, 6.45) is 2.33. The Labute approximate surface area is 104 Å². The molecule has 0 radical (unpaired) electrons. The summed E-state index contributed by atoms with van der Waals surface area (Å²) in [5.74, 6) is -1.24. The average molecular weight is 252 g/mol. The van der Waals surface area contributed by atoms with Gasteiger partial charge < -0.3 is 5.11 Å². The van der Waals surface area contributed by atoms with Crippen LogP contribution in [0.5, 0.6) is 0 Å². The van der Waals surface area contributed by atoms with Crippen molar-refractivity contribution in [2.75, 3.05) is 0 Å². The van der Waals surface area contributed by atoms with Gasteiger partial charge in [-0.05, 0) is 30.2 Å². The number of carbonyl (C=O) groups is 2. The molecule has 17 heavy (non-hydrogen) atoms. The van der Waals surface area contributed by atoms with Crippen molar-refractivity contribution < 1.29 is 14.7 Å². The van der Waals surface area contributed by atoms with E-state index in [1.54, 1.807) is 6.07 Å². The Hall–Kier alpha value is -1.16. The Balaban J connectivity index is 2.18. The van der Waals surface area contributed by atoms with Crippen molar-refractivity contribution in [1.29, 1.82) is 0 Å². The van der Waals surface area contributed by atoms with Crippen molar-refractivity contribution in [3.05, 3.63) is 22.4 Å². The van der Waals surface area contributed by atoms with Gasteiger partial charge in [0.05, 0.1) is 10.8 Å². The number of carbonyl (C=O) groups excluding carboxylic acids is 1. The van der Waals surface area contributed by atoms with E-state index in [0.29, 0.717) is 17.2 Å². The van der Waals surface area contributed by atoms with E-state index >= 15 is 0 Å². The quantitative estimate of drug-likeness (QED) is 0.838. The number of hydrogen-bond acceptors (Lipinski definition) is 3. The summed E-state index contributed by atoms with van der Waals surface area (Å²) in [5.41, 5.74) is 0. The number of carboxylic acid groups (broad SMARTS) is 1. The Kier molecular flexibility index (Phi) is 3.62. The van der Waals surface area contributed by atoms with Crippen molar-refractivity contribution in [1.82, 2.24) is 0 Å². The van der Waals surface area contributed by atoms with Gasteiger partial charge in [0.2, 0.25) is 0 Å². The highest BCUT2D eigenvalue weighted by atomic mass is 32.1. The van der Waals surface area contributed by atoms with Crippen LogP contribution >= 0.6 is 11.3 Å². The fourth-order valence-electron chi connectivity index (χ4n) is 2.64. The molecule has 1 aliphatic carbocycles. The predicted octanol–water partition coefficient (Wildman–Crippen LogP) is 3.07. The number of ketones is 1. The van der Waals surface area contributed by atoms with Crippen LogP contribution in [0.25, 0.3) is 0 Å². The molecule has 3 atom stereocenters. The SMILES string of the molecule is CCC1CC(C(=O)O)C(C(=O)c2cccs2)C1. The standard InChI is InChI=1S/C13H16O3S/c1-2-8-6-9(10(7-8)13(15)16)12(14)11-4-3-5-17-11/h3-5,8-10H,2,6-7H2,1H3,(H,15,16). The van der Waals surface area contributed by atoms with Gasteiger partial charge in [0.1, 0.15) is 0 Å². The van der Waals surface area contributed by atoms with E-state index in [4.69, 9.17) is 0 Å². The molecule has 1 aromatic heterocycles. The molecule has 0 bridgehead atoms. The van der Waals surface area contributed by atoms with E-state index in [1.807, 2.05) is 11.4 Å². The molecule has 3 unspecified atom stereocenters. The number of carboxylic acids is 1. The minimum atomic E-state index is -0.823. The van der Waals surface area contributed by atoms with Gasteiger partial charge in [-0.1, -0.05) is 19.4 Å². The fraction of sp³-hybridized carbons (Fsp3) is 0.538. The van der Waals surface area contributed by atoms with Crippen molar-refractivity contribution in [3.8, 4) is 0 Å². The van der Waals surface area contributed by atoms with Crippen LogP contribution in [0.3, 0.4) is 0 Å². The van der Waals surface area contributed by atoms with Crippen LogP contribution in [0.15, 0.2) is 17.5 Å². The predicted molar refractivity (Wildman–Crippen MR) is 66.3 cm³/mol. The molecule has 1 heterocycles. The van der Waals surface area contributed by atoms with Gasteiger partial charge in [0, 0.05) is 5.92 Å². The molecule has 3 nitrogen and oxygen atoms in total. The zero-order chi connectivity index (χ0) is 12.4. The number of aliphatic carboxylic acids is 1. The van der Waals surface area contributed by atoms with Crippen LogP contribution in [0.1, 0.15) is 35.9 Å². The second-order valence-electron chi connectivity index (χ2n) is 4.64. The molecule has 2 rings (SSSR count). The third-order valence-electron chi connectivity index (χ3n) is 3.66. The highest BCUT2D eigenvalue weighted by molar-refractivity contribution is 7.12. The van der Waals surface area contributed by atoms with E-state index in [2.05, 4.69) is 6.92 Å². The van der Waals surface area contributed by atoms with Gasteiger partial charge in [0.25, 0.3) is 0 Å². The monoisotopic (exact) mass is 252 g/mol. The highest BCUT2D eigenvalue weighted by Gasteiger charge is 2.42. The normalized spacial score (nSPS) is 28.2. The van der Waals surface area contributed by atoms with Crippen LogP contribution in [0, 0.1) is 17.8 Å². The van der Waals surface area contributed by atoms with E-state index in [1.165, 1.54) is 11.3 Å². The summed E-state index contributed by atoms with van der Waals surface area (Å²) in [6.45, 7) is 2.06. The topological polar surface area (TPSA) is 54.4 Å². The summed E-state index contributed by atoms with van der Waals surface area (Å²) in [6, 6.07) is 3.62. The smallest absolute Gasteiger partial charge is 0.307 e. The van der Waals surface area contributed by atoms with Crippen LogP contribution in [-0.4, -0.2) is 16.9 Å². The molecule has 1 N–H and O–H groups in total. The van der Waals surface area contributed by atoms with Gasteiger partial charge in [0.15, 0.2) is 5.78 Å². The maximum atomic E-state index is 12.2. The summed E-state index contributed by atoms with van der Waals surface area (Å²) in [4.78, 5) is 24.1. The third kappa shape index (κ3) is 2.41. The Morgan fingerprint density at radius 3 is 2.65 bits per heavy atom. The van der Waals surface area contributed by atoms with Crippen LogP contribution < -0.4 is 0 Å². The molecular formula is C13H16O3S. The van der Waals surface area contributed by atoms with E-state index in [0.717, 1.165) is 12.8 Å². The largest absolute Gasteiger partial charge is 0.481 e. The second kappa shape index (κ2) is 5.00. The average Bonchev–Trinajstić information content (AvgIpc) is 2.97. The molecule has 0 saturated heterocycles. The van der Waals surface area contributed by atoms with Gasteiger partial charge in [-0.15, -0.1) is 11.3 Å². The van der Waals surface area contributed by atoms with Crippen molar-refractivity contribution in [2.24, 2.45) is 17.8 Å². The molecule has 1 saturated carbocycles. The van der Waals surface area contributed by atoms with Gasteiger partial charge in [-0.3, -0.25) is 9.59 Å². The van der Waals surface area contributed by atoms with E-state index < -0.39 is 11.9 Å². The van der Waals surface area contributed by atoms with Crippen LogP contribution in [0.4, 0.5) is 0 Å². The van der Waals surface area contributed by atoms with E-state index in [9.17, 15) is 14.7 Å². The minimum Gasteiger partial charge on any atom is -0.481 e. The molecule has 0 aliphatic heterocycles. The molecule has 1 aliphatic rings. The Bertz CT molecular complexity index is 410. The minimum absolute atomic E-state index is 0.0170. The zero-order valence-electron chi connectivity index (χ0n) is 9.76. The van der Waals surface area contributed by atoms with Crippen molar-refractivity contribution in [2.45, 2.75) is 26.2 Å². The lowest BCUT2D eigenvalue weighted by atomic mass is 9.91. The third-order valence-corrected chi connectivity index (χ3v) is 4.54. The number of rotatable bonds is 4. The molecule has 4 heteroatoms. The maximum Gasteiger partial charge on any atom is 0.307 e. The summed E-state index contributed by atoms with van der Waals surface area (Å²) >= 11 is 1.40. The van der Waals surface area contributed by atoms with Gasteiger partial charge >= 0.3 is 5.97 Å². The first-order valence-corrected chi connectivity index (χ1v) is 6.82. The summed E-state index contributed by atoms with van der Waals surface area (Å²) < 4.78 is 0. The Morgan fingerprint density at radius 2 is 2.12 bits per heavy atom. The van der Waals surface area contributed by atoms with Crippen molar-refractivity contribution >= 4 is 23.1 Å². The van der Waals surface area contributed by atoms with Crippen LogP contribution in [-0.2, 0) is 4.79 Å². The fourth-order valence-corrected chi connectivity index (χ4v) is 3.37. The van der Waals surface area contributed by atoms with E-state index in [-0.39, 0.29) is 11.7 Å². The molecule has 0 amide bonds. The molecule has 0 spiro atoms. The maximum absolute atomic E-state index is 12.2. The zero-order valence-corrected chi connectivity index (χ0v) is 10.6. The number of hydrogen-bond donors (Lipinski definition) is 1. The lowest BCUT2D eigenvalue weighted by Gasteiger charge is -2.12. The molecule has 0 aromatic carbocycles. The number of thiophene rings is 1. The summed E-state index contributed by atoms with van der Waals surface area (Å²) in [7, 11) is 0. The highest BCUT2D eigenvalue weighted by Crippen LogP contribution is 2.40. The number of Topliss-reactive ketones (excluding diaryl/α,β-unsaturated/α-hetero) is 1. The van der Waals surface area contributed by atoms with Gasteiger partial charge in [-0.2, -0.15) is 0 Å². The molecular weight excluding hydrogens is 236 g/mol. The summed E-state index contributed by atoms with van der Waals surface area (Å²) in [5, 5.41) is 11.1. The van der Waals surface area contributed by atoms with Crippen LogP contribution in [0.2, 0.25) is 0 Å². The second-order valence-corrected chi connectivity index (χ2v) is 5.59. The van der Waals surface area contributed by atoms with Gasteiger partial charge in [-0.25, -0.2) is 0 Å². The first-order chi connectivity index (χ1) is 8.13. The first kappa shape index (κ1) is 12.3. The lowest BCUT2D eigenvalue weighted by molar-refractivity contribution is -0.142. The molecule has 1 fully saturated rings. The molecule has 92 valence electrons. The lowest BCUT2D eigenvalue weighted by Crippen LogP contribution is -2.24. The Morgan fingerprint density at radius 1 is 1.41 bits per heavy atom. The van der Waals surface area contributed by atoms with Crippen molar-refractivity contribution in [3.63, 3.8) is 0 Å². The first-order valence-electron chi connectivity index (χ1n) is 5.94.